The Kier molecular flexibility index (Phi) is 3.35. The number of carbonyl (C=O) groups excluding carboxylic acids is 2. The summed E-state index contributed by atoms with van der Waals surface area (Å²) in [5.74, 6) is 0.538. The van der Waals surface area contributed by atoms with Crippen LogP contribution in [0.1, 0.15) is 23.0 Å². The lowest BCUT2D eigenvalue weighted by molar-refractivity contribution is -0.125. The summed E-state index contributed by atoms with van der Waals surface area (Å²) < 4.78 is 7.43. The van der Waals surface area contributed by atoms with Crippen molar-refractivity contribution in [3.63, 3.8) is 0 Å². The first kappa shape index (κ1) is 15.4. The molecule has 1 unspecified atom stereocenters. The van der Waals surface area contributed by atoms with Crippen LogP contribution in [0.15, 0.2) is 36.5 Å². The Hall–Kier alpha value is -3.15. The van der Waals surface area contributed by atoms with E-state index in [-0.39, 0.29) is 5.91 Å². The number of anilines is 1. The van der Waals surface area contributed by atoms with Gasteiger partial charge in [-0.1, -0.05) is 6.07 Å². The summed E-state index contributed by atoms with van der Waals surface area (Å²) in [4.78, 5) is 30.0. The molecule has 0 bridgehead atoms. The van der Waals surface area contributed by atoms with Crippen LogP contribution in [0, 0.1) is 6.92 Å². The van der Waals surface area contributed by atoms with Crippen LogP contribution in [0.25, 0.3) is 16.9 Å². The minimum Gasteiger partial charge on any atom is -0.479 e. The summed E-state index contributed by atoms with van der Waals surface area (Å²) in [7, 11) is 1.72. The van der Waals surface area contributed by atoms with Crippen LogP contribution in [0.4, 0.5) is 5.69 Å². The van der Waals surface area contributed by atoms with Gasteiger partial charge in [-0.25, -0.2) is 4.98 Å². The molecule has 3 aromatic rings. The Morgan fingerprint density at radius 3 is 2.80 bits per heavy atom. The zero-order valence-electron chi connectivity index (χ0n) is 14.2. The number of ether oxygens (including phenoxy) is 1. The molecule has 0 saturated heterocycles. The van der Waals surface area contributed by atoms with Crippen molar-refractivity contribution in [2.24, 2.45) is 0 Å². The molecule has 0 fully saturated rings. The van der Waals surface area contributed by atoms with Gasteiger partial charge in [0.05, 0.1) is 5.69 Å². The monoisotopic (exact) mass is 335 g/mol. The molecule has 1 aromatic carbocycles. The van der Waals surface area contributed by atoms with Crippen LogP contribution < -0.4 is 9.64 Å². The Labute approximate surface area is 144 Å². The topological polar surface area (TPSA) is 63.9 Å². The SMILES string of the molecule is Cc1ccc2nc(-c3ccc4c(c3)N(C)C(=O)C(C)O4)c(C=O)n2c1. The van der Waals surface area contributed by atoms with Crippen molar-refractivity contribution in [2.75, 3.05) is 11.9 Å². The molecule has 0 aliphatic carbocycles. The van der Waals surface area contributed by atoms with E-state index in [9.17, 15) is 9.59 Å². The Morgan fingerprint density at radius 2 is 2.04 bits per heavy atom. The van der Waals surface area contributed by atoms with Gasteiger partial charge in [-0.05, 0) is 43.7 Å². The van der Waals surface area contributed by atoms with E-state index in [0.717, 1.165) is 17.4 Å². The molecule has 126 valence electrons. The first-order valence-electron chi connectivity index (χ1n) is 8.02. The van der Waals surface area contributed by atoms with Crippen molar-refractivity contribution in [3.05, 3.63) is 47.8 Å². The minimum atomic E-state index is -0.507. The number of benzene rings is 1. The second kappa shape index (κ2) is 5.44. The van der Waals surface area contributed by atoms with Gasteiger partial charge < -0.3 is 9.64 Å². The van der Waals surface area contributed by atoms with Crippen molar-refractivity contribution >= 4 is 23.5 Å². The van der Waals surface area contributed by atoms with Crippen LogP contribution in [0.3, 0.4) is 0 Å². The fourth-order valence-corrected chi connectivity index (χ4v) is 3.15. The third kappa shape index (κ3) is 2.29. The highest BCUT2D eigenvalue weighted by Crippen LogP contribution is 2.37. The molecule has 6 heteroatoms. The lowest BCUT2D eigenvalue weighted by Gasteiger charge is -2.30. The summed E-state index contributed by atoms with van der Waals surface area (Å²) >= 11 is 0. The molecule has 1 aliphatic heterocycles. The number of likely N-dealkylation sites (N-methyl/N-ethyl adjacent to an activating group) is 1. The summed E-state index contributed by atoms with van der Waals surface area (Å²) in [5, 5.41) is 0. The van der Waals surface area contributed by atoms with E-state index in [4.69, 9.17) is 4.74 Å². The van der Waals surface area contributed by atoms with Gasteiger partial charge in [-0.3, -0.25) is 14.0 Å². The van der Waals surface area contributed by atoms with Crippen LogP contribution in [0.5, 0.6) is 5.75 Å². The molecule has 0 spiro atoms. The Morgan fingerprint density at radius 1 is 1.24 bits per heavy atom. The maximum atomic E-state index is 12.2. The molecular formula is C19H17N3O3. The highest BCUT2D eigenvalue weighted by Gasteiger charge is 2.29. The Balaban J connectivity index is 1.90. The van der Waals surface area contributed by atoms with Gasteiger partial charge in [0.15, 0.2) is 12.4 Å². The van der Waals surface area contributed by atoms with Gasteiger partial charge in [-0.2, -0.15) is 0 Å². The molecule has 4 rings (SSSR count). The number of aromatic nitrogens is 2. The van der Waals surface area contributed by atoms with E-state index in [0.29, 0.717) is 28.5 Å². The first-order chi connectivity index (χ1) is 12.0. The van der Waals surface area contributed by atoms with Crippen molar-refractivity contribution < 1.29 is 14.3 Å². The maximum absolute atomic E-state index is 12.2. The molecule has 2 aromatic heterocycles. The van der Waals surface area contributed by atoms with E-state index in [2.05, 4.69) is 4.98 Å². The predicted octanol–water partition coefficient (Wildman–Crippen LogP) is 2.87. The molecule has 1 aliphatic rings. The quantitative estimate of drug-likeness (QED) is 0.676. The third-order valence-electron chi connectivity index (χ3n) is 4.49. The van der Waals surface area contributed by atoms with E-state index < -0.39 is 6.10 Å². The zero-order chi connectivity index (χ0) is 17.7. The number of fused-ring (bicyclic) bond motifs is 2. The molecule has 3 heterocycles. The van der Waals surface area contributed by atoms with Crippen LogP contribution in [-0.2, 0) is 4.79 Å². The van der Waals surface area contributed by atoms with Gasteiger partial charge in [0, 0.05) is 18.8 Å². The van der Waals surface area contributed by atoms with Gasteiger partial charge in [0.2, 0.25) is 0 Å². The van der Waals surface area contributed by atoms with E-state index in [1.807, 2.05) is 43.5 Å². The van der Waals surface area contributed by atoms with E-state index in [1.54, 1.807) is 23.3 Å². The van der Waals surface area contributed by atoms with Crippen molar-refractivity contribution in [2.45, 2.75) is 20.0 Å². The van der Waals surface area contributed by atoms with E-state index >= 15 is 0 Å². The van der Waals surface area contributed by atoms with Crippen molar-refractivity contribution in [1.29, 1.82) is 0 Å². The van der Waals surface area contributed by atoms with Crippen LogP contribution in [0.2, 0.25) is 0 Å². The summed E-state index contributed by atoms with van der Waals surface area (Å²) in [6.07, 6.45) is 2.18. The van der Waals surface area contributed by atoms with Gasteiger partial charge in [0.1, 0.15) is 22.8 Å². The van der Waals surface area contributed by atoms with Crippen molar-refractivity contribution in [1.82, 2.24) is 9.38 Å². The molecule has 1 amide bonds. The molecule has 0 N–H and O–H groups in total. The number of aldehydes is 1. The van der Waals surface area contributed by atoms with Gasteiger partial charge in [-0.15, -0.1) is 0 Å². The number of carbonyl (C=O) groups is 2. The average Bonchev–Trinajstić information content (AvgIpc) is 2.97. The predicted molar refractivity (Wildman–Crippen MR) is 94.3 cm³/mol. The molecule has 6 nitrogen and oxygen atoms in total. The van der Waals surface area contributed by atoms with Gasteiger partial charge >= 0.3 is 0 Å². The second-order valence-corrected chi connectivity index (χ2v) is 6.24. The second-order valence-electron chi connectivity index (χ2n) is 6.24. The number of hydrogen-bond acceptors (Lipinski definition) is 4. The number of nitrogens with zero attached hydrogens (tertiary/aromatic N) is 3. The summed E-state index contributed by atoms with van der Waals surface area (Å²) in [5.41, 5.74) is 4.25. The Bertz CT molecular complexity index is 1020. The molecule has 0 radical (unpaired) electrons. The lowest BCUT2D eigenvalue weighted by atomic mass is 10.1. The number of amides is 1. The summed E-state index contributed by atoms with van der Waals surface area (Å²) in [6.45, 7) is 3.69. The molecule has 0 saturated carbocycles. The summed E-state index contributed by atoms with van der Waals surface area (Å²) in [6, 6.07) is 9.34. The normalized spacial score (nSPS) is 16.7. The third-order valence-corrected chi connectivity index (χ3v) is 4.49. The number of rotatable bonds is 2. The van der Waals surface area contributed by atoms with Gasteiger partial charge in [0.25, 0.3) is 5.91 Å². The van der Waals surface area contributed by atoms with E-state index in [1.165, 1.54) is 0 Å². The average molecular weight is 335 g/mol. The van der Waals surface area contributed by atoms with Crippen molar-refractivity contribution in [3.8, 4) is 17.0 Å². The fraction of sp³-hybridized carbons (Fsp3) is 0.211. The highest BCUT2D eigenvalue weighted by molar-refractivity contribution is 6.00. The van der Waals surface area contributed by atoms with Crippen LogP contribution in [-0.4, -0.2) is 34.7 Å². The fourth-order valence-electron chi connectivity index (χ4n) is 3.15. The standard InChI is InChI=1S/C19H17N3O3/c1-11-4-7-17-20-18(15(10-23)22(17)9-11)13-5-6-16-14(8-13)21(3)19(24)12(2)25-16/h4-10,12H,1-3H3. The lowest BCUT2D eigenvalue weighted by Crippen LogP contribution is -2.41. The number of imidazole rings is 1. The largest absolute Gasteiger partial charge is 0.479 e. The number of aryl methyl sites for hydroxylation is 1. The molecular weight excluding hydrogens is 318 g/mol. The molecule has 25 heavy (non-hydrogen) atoms. The number of hydrogen-bond donors (Lipinski definition) is 0. The molecule has 1 atom stereocenters. The first-order valence-corrected chi connectivity index (χ1v) is 8.02. The number of pyridine rings is 1. The minimum absolute atomic E-state index is 0.106. The smallest absolute Gasteiger partial charge is 0.267 e. The highest BCUT2D eigenvalue weighted by atomic mass is 16.5. The maximum Gasteiger partial charge on any atom is 0.267 e. The zero-order valence-corrected chi connectivity index (χ0v) is 14.2. The van der Waals surface area contributed by atoms with Crippen LogP contribution >= 0.6 is 0 Å².